The van der Waals surface area contributed by atoms with Gasteiger partial charge in [-0.25, -0.2) is 0 Å². The normalized spacial score (nSPS) is 9.58. The smallest absolute Gasteiger partial charge is 0.394 e. The lowest BCUT2D eigenvalue weighted by atomic mass is 10.6. The summed E-state index contributed by atoms with van der Waals surface area (Å²) in [7, 11) is -3.02. The first-order chi connectivity index (χ1) is 8.59. The van der Waals surface area contributed by atoms with Crippen LogP contribution in [0.5, 0.6) is 0 Å². The summed E-state index contributed by atoms with van der Waals surface area (Å²) < 4.78 is 31.6. The minimum atomic E-state index is -4.67. The lowest BCUT2D eigenvalue weighted by Crippen LogP contribution is -2.34. The SMILES string of the molecule is CN(CCO)C(=N)N.NCNCCO.O=S(=O)(O)O. The first-order valence-corrected chi connectivity index (χ1v) is 6.37. The molecule has 0 saturated carbocycles. The van der Waals surface area contributed by atoms with Crippen molar-refractivity contribution in [2.75, 3.05) is 40.0 Å². The highest BCUT2D eigenvalue weighted by Gasteiger charge is 1.94. The van der Waals surface area contributed by atoms with Gasteiger partial charge in [-0.3, -0.25) is 14.5 Å². The van der Waals surface area contributed by atoms with Gasteiger partial charge in [0.05, 0.1) is 13.2 Å². The van der Waals surface area contributed by atoms with Gasteiger partial charge in [0.25, 0.3) is 0 Å². The summed E-state index contributed by atoms with van der Waals surface area (Å²) in [4.78, 5) is 1.46. The zero-order valence-electron chi connectivity index (χ0n) is 10.7. The second-order valence-corrected chi connectivity index (χ2v) is 3.80. The van der Waals surface area contributed by atoms with Gasteiger partial charge in [0.2, 0.25) is 0 Å². The van der Waals surface area contributed by atoms with Crippen LogP contribution in [0.15, 0.2) is 0 Å². The fourth-order valence-electron chi connectivity index (χ4n) is 0.452. The Morgan fingerprint density at radius 1 is 1.32 bits per heavy atom. The fourth-order valence-corrected chi connectivity index (χ4v) is 0.452. The van der Waals surface area contributed by atoms with E-state index in [1.807, 2.05) is 0 Å². The molecular weight excluding hydrogens is 282 g/mol. The third kappa shape index (κ3) is 47.3. The van der Waals surface area contributed by atoms with Gasteiger partial charge in [-0.2, -0.15) is 8.42 Å². The summed E-state index contributed by atoms with van der Waals surface area (Å²) >= 11 is 0. The Bertz CT molecular complexity index is 286. The van der Waals surface area contributed by atoms with E-state index in [0.29, 0.717) is 19.8 Å². The van der Waals surface area contributed by atoms with Crippen molar-refractivity contribution < 1.29 is 27.7 Å². The molecule has 0 aromatic heterocycles. The molecule has 19 heavy (non-hydrogen) atoms. The minimum Gasteiger partial charge on any atom is -0.395 e. The molecule has 0 heterocycles. The molecule has 0 aromatic rings. The molecule has 0 atom stereocenters. The van der Waals surface area contributed by atoms with Crippen molar-refractivity contribution in [2.45, 2.75) is 0 Å². The highest BCUT2D eigenvalue weighted by molar-refractivity contribution is 7.79. The second kappa shape index (κ2) is 15.0. The van der Waals surface area contributed by atoms with Crippen molar-refractivity contribution in [1.82, 2.24) is 10.2 Å². The number of nitrogens with two attached hydrogens (primary N) is 2. The van der Waals surface area contributed by atoms with E-state index in [1.165, 1.54) is 4.90 Å². The van der Waals surface area contributed by atoms with Gasteiger partial charge in [0.15, 0.2) is 5.96 Å². The predicted molar refractivity (Wildman–Crippen MR) is 70.0 cm³/mol. The molecule has 0 aliphatic carbocycles. The van der Waals surface area contributed by atoms with Gasteiger partial charge in [-0.15, -0.1) is 0 Å². The maximum Gasteiger partial charge on any atom is 0.394 e. The lowest BCUT2D eigenvalue weighted by Gasteiger charge is -2.13. The average molecular weight is 305 g/mol. The van der Waals surface area contributed by atoms with Gasteiger partial charge in [-0.1, -0.05) is 0 Å². The van der Waals surface area contributed by atoms with Crippen LogP contribution in [0.3, 0.4) is 0 Å². The molecule has 0 saturated heterocycles. The van der Waals surface area contributed by atoms with Crippen LogP contribution in [-0.4, -0.2) is 78.6 Å². The molecule has 0 aromatic carbocycles. The minimum absolute atomic E-state index is 0.0148. The molecule has 0 bridgehead atoms. The first-order valence-electron chi connectivity index (χ1n) is 4.97. The van der Waals surface area contributed by atoms with E-state index < -0.39 is 10.4 Å². The summed E-state index contributed by atoms with van der Waals surface area (Å²) in [5.74, 6) is -0.0148. The summed E-state index contributed by atoms with van der Waals surface area (Å²) in [5, 5.41) is 25.9. The van der Waals surface area contributed by atoms with Crippen molar-refractivity contribution in [3.05, 3.63) is 0 Å². The molecule has 0 rings (SSSR count). The number of hydrogen-bond acceptors (Lipinski definition) is 7. The quantitative estimate of drug-likeness (QED) is 0.0831. The van der Waals surface area contributed by atoms with Crippen LogP contribution in [0, 0.1) is 5.41 Å². The van der Waals surface area contributed by atoms with Crippen LogP contribution >= 0.6 is 0 Å². The summed E-state index contributed by atoms with van der Waals surface area (Å²) in [6.07, 6.45) is 0. The maximum absolute atomic E-state index is 8.74. The topological polar surface area (TPSA) is 206 Å². The van der Waals surface area contributed by atoms with Crippen molar-refractivity contribution >= 4 is 16.4 Å². The zero-order valence-corrected chi connectivity index (χ0v) is 11.5. The Labute approximate surface area is 112 Å². The Balaban J connectivity index is -0.000000209. The monoisotopic (exact) mass is 305 g/mol. The maximum atomic E-state index is 8.74. The van der Waals surface area contributed by atoms with Gasteiger partial charge in [0.1, 0.15) is 0 Å². The van der Waals surface area contributed by atoms with E-state index in [0.717, 1.165) is 0 Å². The number of aliphatic hydroxyl groups excluding tert-OH is 2. The number of nitrogens with one attached hydrogen (secondary N) is 2. The van der Waals surface area contributed by atoms with Crippen molar-refractivity contribution in [1.29, 1.82) is 5.41 Å². The Kier molecular flexibility index (Phi) is 18.3. The standard InChI is InChI=1S/C4H11N3O.C3H10N2O.H2O4S/c1-7(2-3-8)4(5)6;4-3-5-1-2-6;1-5(2,3)4/h8H,2-3H2,1H3,(H3,5,6);5-6H,1-4H2;(H2,1,2,3,4). The molecule has 11 nitrogen and oxygen atoms in total. The summed E-state index contributed by atoms with van der Waals surface area (Å²) in [6, 6.07) is 0. The second-order valence-electron chi connectivity index (χ2n) is 2.91. The molecule has 0 radical (unpaired) electrons. The molecule has 0 aliphatic heterocycles. The van der Waals surface area contributed by atoms with Crippen LogP contribution in [0.4, 0.5) is 0 Å². The van der Waals surface area contributed by atoms with Crippen LogP contribution in [0.1, 0.15) is 0 Å². The van der Waals surface area contributed by atoms with Crippen molar-refractivity contribution in [2.24, 2.45) is 11.5 Å². The number of hydrogen-bond donors (Lipinski definition) is 8. The van der Waals surface area contributed by atoms with Gasteiger partial charge in [-0.05, 0) is 0 Å². The van der Waals surface area contributed by atoms with Crippen molar-refractivity contribution in [3.8, 4) is 0 Å². The van der Waals surface area contributed by atoms with Crippen LogP contribution in [-0.2, 0) is 10.4 Å². The molecule has 0 spiro atoms. The first kappa shape index (κ1) is 23.1. The predicted octanol–water partition coefficient (Wildman–Crippen LogP) is -3.36. The van der Waals surface area contributed by atoms with Gasteiger partial charge >= 0.3 is 10.4 Å². The largest absolute Gasteiger partial charge is 0.395 e. The van der Waals surface area contributed by atoms with Gasteiger partial charge in [0, 0.05) is 26.8 Å². The Morgan fingerprint density at radius 2 is 1.74 bits per heavy atom. The summed E-state index contributed by atoms with van der Waals surface area (Å²) in [5.41, 5.74) is 10.0. The van der Waals surface area contributed by atoms with Crippen molar-refractivity contribution in [3.63, 3.8) is 0 Å². The molecule has 0 fully saturated rings. The fraction of sp³-hybridized carbons (Fsp3) is 0.857. The lowest BCUT2D eigenvalue weighted by molar-refractivity contribution is 0.262. The Hall–Kier alpha value is -1.02. The van der Waals surface area contributed by atoms with E-state index in [1.54, 1.807) is 7.05 Å². The number of nitrogens with zero attached hydrogens (tertiary/aromatic N) is 1. The Morgan fingerprint density at radius 3 is 1.84 bits per heavy atom. The van der Waals surface area contributed by atoms with E-state index in [9.17, 15) is 0 Å². The zero-order chi connectivity index (χ0) is 15.9. The third-order valence-electron chi connectivity index (χ3n) is 1.28. The molecule has 12 heteroatoms. The molecular formula is C7H23N5O6S. The molecule has 0 unspecified atom stereocenters. The summed E-state index contributed by atoms with van der Waals surface area (Å²) in [6.45, 7) is 1.67. The van der Waals surface area contributed by atoms with E-state index >= 15 is 0 Å². The molecule has 0 amide bonds. The highest BCUT2D eigenvalue weighted by Crippen LogP contribution is 1.74. The number of likely N-dealkylation sites (N-methyl/N-ethyl adjacent to an activating group) is 1. The van der Waals surface area contributed by atoms with Gasteiger partial charge < -0.3 is 31.9 Å². The van der Waals surface area contributed by atoms with Crippen LogP contribution < -0.4 is 16.8 Å². The van der Waals surface area contributed by atoms with E-state index in [-0.39, 0.29) is 19.2 Å². The molecule has 10 N–H and O–H groups in total. The van der Waals surface area contributed by atoms with E-state index in [2.05, 4.69) is 5.32 Å². The highest BCUT2D eigenvalue weighted by atomic mass is 32.3. The third-order valence-corrected chi connectivity index (χ3v) is 1.28. The average Bonchev–Trinajstić information content (AvgIpc) is 2.25. The molecule has 0 aliphatic rings. The van der Waals surface area contributed by atoms with E-state index in [4.69, 9.17) is 44.6 Å². The molecule has 118 valence electrons. The number of aliphatic hydroxyl groups is 2. The number of guanidine groups is 1. The number of rotatable bonds is 5. The van der Waals surface area contributed by atoms with Crippen LogP contribution in [0.25, 0.3) is 0 Å². The van der Waals surface area contributed by atoms with Crippen LogP contribution in [0.2, 0.25) is 0 Å².